The largest absolute Gasteiger partial charge is 0.460 e. The highest BCUT2D eigenvalue weighted by atomic mass is 16.5. The maximum absolute atomic E-state index is 12.3. The van der Waals surface area contributed by atoms with Gasteiger partial charge in [-0.2, -0.15) is 0 Å². The summed E-state index contributed by atoms with van der Waals surface area (Å²) in [5, 5.41) is 1.40. The van der Waals surface area contributed by atoms with Gasteiger partial charge in [0.05, 0.1) is 11.8 Å². The summed E-state index contributed by atoms with van der Waals surface area (Å²) >= 11 is 0. The molecule has 0 N–H and O–H groups in total. The Bertz CT molecular complexity index is 1070. The van der Waals surface area contributed by atoms with E-state index in [-0.39, 0.29) is 11.3 Å². The first-order chi connectivity index (χ1) is 11.2. The lowest BCUT2D eigenvalue weighted by Crippen LogP contribution is -2.09. The normalized spacial score (nSPS) is 11.0. The Morgan fingerprint density at radius 1 is 0.913 bits per heavy atom. The Morgan fingerprint density at radius 3 is 2.52 bits per heavy atom. The van der Waals surface area contributed by atoms with Crippen LogP contribution in [0.2, 0.25) is 0 Å². The molecule has 0 spiro atoms. The molecule has 23 heavy (non-hydrogen) atoms. The van der Waals surface area contributed by atoms with Gasteiger partial charge in [0.2, 0.25) is 5.75 Å². The fourth-order valence-electron chi connectivity index (χ4n) is 2.42. The van der Waals surface area contributed by atoms with Crippen LogP contribution in [0.25, 0.3) is 21.9 Å². The van der Waals surface area contributed by atoms with Crippen molar-refractivity contribution >= 4 is 27.9 Å². The Kier molecular flexibility index (Phi) is 2.98. The lowest BCUT2D eigenvalue weighted by Gasteiger charge is -2.07. The fourth-order valence-corrected chi connectivity index (χ4v) is 2.42. The molecule has 0 bridgehead atoms. The molecule has 2 aromatic heterocycles. The van der Waals surface area contributed by atoms with E-state index in [4.69, 9.17) is 13.6 Å². The second-order valence-corrected chi connectivity index (χ2v) is 4.97. The molecule has 4 aromatic rings. The SMILES string of the molecule is O=C(Oc1c2occc2cc2ccc(=O)oc12)c1ccccc1. The van der Waals surface area contributed by atoms with E-state index in [1.807, 2.05) is 0 Å². The van der Waals surface area contributed by atoms with Crippen molar-refractivity contribution in [3.8, 4) is 5.75 Å². The second-order valence-electron chi connectivity index (χ2n) is 4.97. The number of benzene rings is 2. The minimum atomic E-state index is -0.553. The van der Waals surface area contributed by atoms with Crippen LogP contribution in [0.3, 0.4) is 0 Å². The first-order valence-corrected chi connectivity index (χ1v) is 6.94. The van der Waals surface area contributed by atoms with Crippen LogP contribution in [0.1, 0.15) is 10.4 Å². The van der Waals surface area contributed by atoms with Crippen LogP contribution in [-0.4, -0.2) is 5.97 Å². The minimum absolute atomic E-state index is 0.106. The van der Waals surface area contributed by atoms with E-state index in [0.717, 1.165) is 5.39 Å². The van der Waals surface area contributed by atoms with Crippen LogP contribution in [-0.2, 0) is 0 Å². The fraction of sp³-hybridized carbons (Fsp3) is 0. The van der Waals surface area contributed by atoms with Crippen molar-refractivity contribution in [3.05, 3.63) is 76.8 Å². The topological polar surface area (TPSA) is 69.7 Å². The molecule has 5 heteroatoms. The van der Waals surface area contributed by atoms with Crippen molar-refractivity contribution in [2.45, 2.75) is 0 Å². The van der Waals surface area contributed by atoms with Gasteiger partial charge in [0.15, 0.2) is 11.2 Å². The van der Waals surface area contributed by atoms with Gasteiger partial charge in [0.1, 0.15) is 0 Å². The molecule has 0 aliphatic carbocycles. The third-order valence-electron chi connectivity index (χ3n) is 3.49. The first kappa shape index (κ1) is 13.3. The molecule has 0 saturated heterocycles. The zero-order valence-corrected chi connectivity index (χ0v) is 11.8. The Hall–Kier alpha value is -3.34. The summed E-state index contributed by atoms with van der Waals surface area (Å²) in [7, 11) is 0. The third-order valence-corrected chi connectivity index (χ3v) is 3.49. The zero-order chi connectivity index (χ0) is 15.8. The summed E-state index contributed by atoms with van der Waals surface area (Å²) in [5.41, 5.74) is 0.406. The Labute approximate surface area is 129 Å². The molecular formula is C18H10O5. The van der Waals surface area contributed by atoms with Crippen molar-refractivity contribution in [1.82, 2.24) is 0 Å². The van der Waals surface area contributed by atoms with Gasteiger partial charge in [0.25, 0.3) is 0 Å². The van der Waals surface area contributed by atoms with E-state index in [1.165, 1.54) is 12.3 Å². The quantitative estimate of drug-likeness (QED) is 0.320. The van der Waals surface area contributed by atoms with Crippen LogP contribution < -0.4 is 10.4 Å². The van der Waals surface area contributed by atoms with Crippen LogP contribution in [0.15, 0.2) is 74.5 Å². The molecule has 0 radical (unpaired) electrons. The average molecular weight is 306 g/mol. The van der Waals surface area contributed by atoms with E-state index in [9.17, 15) is 9.59 Å². The number of rotatable bonds is 2. The highest BCUT2D eigenvalue weighted by Crippen LogP contribution is 2.35. The molecule has 0 saturated carbocycles. The summed E-state index contributed by atoms with van der Waals surface area (Å²) in [6, 6.07) is 15.1. The van der Waals surface area contributed by atoms with Gasteiger partial charge in [-0.3, -0.25) is 0 Å². The van der Waals surface area contributed by atoms with Crippen molar-refractivity contribution in [2.75, 3.05) is 0 Å². The second kappa shape index (κ2) is 5.14. The molecule has 0 amide bonds. The summed E-state index contributed by atoms with van der Waals surface area (Å²) in [6.07, 6.45) is 1.49. The molecule has 0 atom stereocenters. The monoisotopic (exact) mass is 306 g/mol. The van der Waals surface area contributed by atoms with Gasteiger partial charge in [-0.05, 0) is 30.3 Å². The molecule has 0 aliphatic rings. The van der Waals surface area contributed by atoms with Crippen molar-refractivity contribution in [1.29, 1.82) is 0 Å². The van der Waals surface area contributed by atoms with E-state index in [2.05, 4.69) is 0 Å². The van der Waals surface area contributed by atoms with Crippen molar-refractivity contribution < 1.29 is 18.4 Å². The molecule has 5 nitrogen and oxygen atoms in total. The maximum Gasteiger partial charge on any atom is 0.343 e. The predicted octanol–water partition coefficient (Wildman–Crippen LogP) is 3.76. The number of fused-ring (bicyclic) bond motifs is 2. The third kappa shape index (κ3) is 2.28. The summed E-state index contributed by atoms with van der Waals surface area (Å²) < 4.78 is 16.1. The van der Waals surface area contributed by atoms with Crippen molar-refractivity contribution in [2.24, 2.45) is 0 Å². The molecule has 0 aliphatic heterocycles. The summed E-state index contributed by atoms with van der Waals surface area (Å²) in [4.78, 5) is 23.9. The van der Waals surface area contributed by atoms with Gasteiger partial charge in [-0.15, -0.1) is 0 Å². The lowest BCUT2D eigenvalue weighted by atomic mass is 10.1. The van der Waals surface area contributed by atoms with E-state index < -0.39 is 11.6 Å². The number of hydrogen-bond donors (Lipinski definition) is 0. The van der Waals surface area contributed by atoms with Crippen LogP contribution in [0.4, 0.5) is 0 Å². The van der Waals surface area contributed by atoms with Gasteiger partial charge in [-0.1, -0.05) is 18.2 Å². The highest BCUT2D eigenvalue weighted by Gasteiger charge is 2.18. The molecule has 0 unspecified atom stereocenters. The van der Waals surface area contributed by atoms with Crippen molar-refractivity contribution in [3.63, 3.8) is 0 Å². The Morgan fingerprint density at radius 2 is 1.70 bits per heavy atom. The van der Waals surface area contributed by atoms with E-state index in [0.29, 0.717) is 16.5 Å². The molecule has 0 fully saturated rings. The summed E-state index contributed by atoms with van der Waals surface area (Å²) in [6.45, 7) is 0. The van der Waals surface area contributed by atoms with Gasteiger partial charge >= 0.3 is 11.6 Å². The predicted molar refractivity (Wildman–Crippen MR) is 83.7 cm³/mol. The van der Waals surface area contributed by atoms with Crippen LogP contribution in [0, 0.1) is 0 Å². The molecule has 2 heterocycles. The van der Waals surface area contributed by atoms with Gasteiger partial charge < -0.3 is 13.6 Å². The average Bonchev–Trinajstić information content (AvgIpc) is 3.04. The zero-order valence-electron chi connectivity index (χ0n) is 11.8. The molecule has 4 rings (SSSR count). The lowest BCUT2D eigenvalue weighted by molar-refractivity contribution is 0.0735. The van der Waals surface area contributed by atoms with E-state index in [1.54, 1.807) is 48.5 Å². The standard InChI is InChI=1S/C18H10O5/c19-14-7-6-12-10-13-8-9-21-15(13)17(16(12)22-14)23-18(20)11-4-2-1-3-5-11/h1-10H. The minimum Gasteiger partial charge on any atom is -0.460 e. The van der Waals surface area contributed by atoms with Crippen LogP contribution in [0.5, 0.6) is 5.75 Å². The molecule has 2 aromatic carbocycles. The number of carbonyl (C=O) groups excluding carboxylic acids is 1. The van der Waals surface area contributed by atoms with Crippen LogP contribution >= 0.6 is 0 Å². The maximum atomic E-state index is 12.3. The number of carbonyl (C=O) groups is 1. The molecule has 112 valence electrons. The van der Waals surface area contributed by atoms with Gasteiger partial charge in [-0.25, -0.2) is 9.59 Å². The number of ether oxygens (including phenoxy) is 1. The first-order valence-electron chi connectivity index (χ1n) is 6.94. The van der Waals surface area contributed by atoms with E-state index >= 15 is 0 Å². The molecular weight excluding hydrogens is 296 g/mol. The summed E-state index contributed by atoms with van der Waals surface area (Å²) in [5.74, 6) is -0.448. The number of furan rings is 1. The smallest absolute Gasteiger partial charge is 0.343 e. The highest BCUT2D eigenvalue weighted by molar-refractivity contribution is 6.03. The number of esters is 1. The van der Waals surface area contributed by atoms with Gasteiger partial charge in [0, 0.05) is 16.8 Å². The Balaban J connectivity index is 1.92. The number of hydrogen-bond acceptors (Lipinski definition) is 5.